The van der Waals surface area contributed by atoms with Gasteiger partial charge in [0, 0.05) is 21.5 Å². The molecule has 2 heterocycles. The lowest BCUT2D eigenvalue weighted by molar-refractivity contribution is 0.633. The van der Waals surface area contributed by atoms with Gasteiger partial charge < -0.3 is 8.83 Å². The molecule has 0 N–H and O–H groups in total. The van der Waals surface area contributed by atoms with Gasteiger partial charge in [-0.2, -0.15) is 0 Å². The zero-order valence-corrected chi connectivity index (χ0v) is 29.1. The first-order valence-corrected chi connectivity index (χ1v) is 18.5. The summed E-state index contributed by atoms with van der Waals surface area (Å²) < 4.78 is 13.1. The minimum absolute atomic E-state index is 0.799. The topological polar surface area (TPSA) is 26.3 Å². The number of benzene rings is 10. The second-order valence-electron chi connectivity index (χ2n) is 14.3. The van der Waals surface area contributed by atoms with E-state index in [4.69, 9.17) is 8.83 Å². The van der Waals surface area contributed by atoms with Crippen LogP contribution in [0.4, 0.5) is 0 Å². The number of rotatable bonds is 3. The van der Waals surface area contributed by atoms with Gasteiger partial charge in [-0.25, -0.2) is 0 Å². The third kappa shape index (κ3) is 4.17. The molecule has 12 rings (SSSR count). The first-order chi connectivity index (χ1) is 26.8. The zero-order valence-electron chi connectivity index (χ0n) is 29.1. The molecular weight excluding hydrogens is 657 g/mol. The van der Waals surface area contributed by atoms with E-state index in [1.165, 1.54) is 65.3 Å². The summed E-state index contributed by atoms with van der Waals surface area (Å²) in [5.41, 5.74) is 10.6. The number of hydrogen-bond acceptors (Lipinski definition) is 2. The van der Waals surface area contributed by atoms with E-state index in [0.29, 0.717) is 0 Å². The van der Waals surface area contributed by atoms with Gasteiger partial charge in [0.1, 0.15) is 11.2 Å². The minimum Gasteiger partial charge on any atom is -0.452 e. The molecule has 0 bridgehead atoms. The van der Waals surface area contributed by atoms with E-state index < -0.39 is 0 Å². The van der Waals surface area contributed by atoms with Crippen molar-refractivity contribution in [1.82, 2.24) is 0 Å². The maximum atomic E-state index is 6.62. The van der Waals surface area contributed by atoms with E-state index in [2.05, 4.69) is 170 Å². The highest BCUT2D eigenvalue weighted by Crippen LogP contribution is 2.47. The molecule has 0 radical (unpaired) electrons. The van der Waals surface area contributed by atoms with Crippen molar-refractivity contribution < 1.29 is 8.83 Å². The second-order valence-corrected chi connectivity index (χ2v) is 14.3. The van der Waals surface area contributed by atoms with Gasteiger partial charge in [-0.1, -0.05) is 158 Å². The van der Waals surface area contributed by atoms with Crippen molar-refractivity contribution in [2.24, 2.45) is 0 Å². The zero-order chi connectivity index (χ0) is 35.3. The molecular formula is C52H30O2. The molecule has 0 atom stereocenters. The standard InChI is InChI=1S/C52H30O2/c1-2-12-34-29-36(26-23-31(34)11-1)48-39-15-5-3-13-37(39)47(38-14-4-6-16-40(38)48)33-24-21-32(22-25-33)35-27-28-46-44(30-35)50-42-18-8-7-17-41(42)49-43-19-9-10-20-45(43)53-51(49)52(50)54-46/h1-30H. The molecule has 0 aliphatic carbocycles. The molecule has 0 unspecified atom stereocenters. The summed E-state index contributed by atoms with van der Waals surface area (Å²) in [7, 11) is 0. The fourth-order valence-electron chi connectivity index (χ4n) is 9.02. The van der Waals surface area contributed by atoms with Crippen molar-refractivity contribution in [3.63, 3.8) is 0 Å². The van der Waals surface area contributed by atoms with Gasteiger partial charge in [0.15, 0.2) is 11.2 Å². The van der Waals surface area contributed by atoms with E-state index in [1.54, 1.807) is 0 Å². The number of para-hydroxylation sites is 1. The Hall–Kier alpha value is -7.16. The Morgan fingerprint density at radius 1 is 0.259 bits per heavy atom. The molecule has 250 valence electrons. The van der Waals surface area contributed by atoms with Crippen LogP contribution in [0.2, 0.25) is 0 Å². The molecule has 0 amide bonds. The molecule has 2 heteroatoms. The van der Waals surface area contributed by atoms with Crippen LogP contribution in [0.25, 0.3) is 120 Å². The first-order valence-electron chi connectivity index (χ1n) is 18.5. The molecule has 12 aromatic rings. The number of fused-ring (bicyclic) bond motifs is 13. The molecule has 0 spiro atoms. The molecule has 0 aliphatic rings. The molecule has 0 fully saturated rings. The van der Waals surface area contributed by atoms with Crippen LogP contribution in [-0.4, -0.2) is 0 Å². The van der Waals surface area contributed by atoms with Crippen LogP contribution in [-0.2, 0) is 0 Å². The highest BCUT2D eigenvalue weighted by Gasteiger charge is 2.21. The lowest BCUT2D eigenvalue weighted by atomic mass is 9.85. The Bertz CT molecular complexity index is 3430. The van der Waals surface area contributed by atoms with E-state index in [-0.39, 0.29) is 0 Å². The Labute approximate surface area is 310 Å². The van der Waals surface area contributed by atoms with Gasteiger partial charge in [0.05, 0.1) is 0 Å². The van der Waals surface area contributed by atoms with Crippen molar-refractivity contribution in [3.8, 4) is 33.4 Å². The molecule has 0 aliphatic heterocycles. The summed E-state index contributed by atoms with van der Waals surface area (Å²) in [6.45, 7) is 0. The SMILES string of the molecule is c1ccc2cc(-c3c4ccccc4c(-c4ccc(-c5ccc6oc7c8oc9ccccc9c8c8ccccc8c7c6c5)cc4)c4ccccc34)ccc2c1. The molecule has 2 nitrogen and oxygen atoms in total. The molecule has 0 saturated heterocycles. The van der Waals surface area contributed by atoms with Gasteiger partial charge in [0.2, 0.25) is 0 Å². The normalized spacial score (nSPS) is 12.1. The van der Waals surface area contributed by atoms with Gasteiger partial charge >= 0.3 is 0 Å². The van der Waals surface area contributed by atoms with Crippen molar-refractivity contribution in [2.45, 2.75) is 0 Å². The highest BCUT2D eigenvalue weighted by molar-refractivity contribution is 6.33. The summed E-state index contributed by atoms with van der Waals surface area (Å²) in [5, 5.41) is 14.3. The Morgan fingerprint density at radius 3 is 1.35 bits per heavy atom. The summed E-state index contributed by atoms with van der Waals surface area (Å²) in [6.07, 6.45) is 0. The average molecular weight is 687 g/mol. The van der Waals surface area contributed by atoms with Crippen LogP contribution < -0.4 is 0 Å². The van der Waals surface area contributed by atoms with Crippen LogP contribution in [0.3, 0.4) is 0 Å². The highest BCUT2D eigenvalue weighted by atomic mass is 16.4. The van der Waals surface area contributed by atoms with Gasteiger partial charge in [0.25, 0.3) is 0 Å². The first kappa shape index (κ1) is 29.4. The average Bonchev–Trinajstić information content (AvgIpc) is 3.82. The quantitative estimate of drug-likeness (QED) is 0.173. The van der Waals surface area contributed by atoms with E-state index in [1.807, 2.05) is 12.1 Å². The van der Waals surface area contributed by atoms with Crippen LogP contribution >= 0.6 is 0 Å². The Balaban J connectivity index is 1.03. The van der Waals surface area contributed by atoms with Crippen LogP contribution in [0.5, 0.6) is 0 Å². The Kier molecular flexibility index (Phi) is 6.09. The fraction of sp³-hybridized carbons (Fsp3) is 0. The summed E-state index contributed by atoms with van der Waals surface area (Å²) >= 11 is 0. The van der Waals surface area contributed by atoms with Gasteiger partial charge in [-0.3, -0.25) is 0 Å². The minimum atomic E-state index is 0.799. The maximum absolute atomic E-state index is 6.62. The second kappa shape index (κ2) is 11.2. The van der Waals surface area contributed by atoms with Crippen LogP contribution in [0.1, 0.15) is 0 Å². The predicted molar refractivity (Wildman–Crippen MR) is 227 cm³/mol. The van der Waals surface area contributed by atoms with Gasteiger partial charge in [-0.05, 0) is 101 Å². The predicted octanol–water partition coefficient (Wildman–Crippen LogP) is 15.1. The van der Waals surface area contributed by atoms with Crippen molar-refractivity contribution >= 4 is 87.0 Å². The smallest absolute Gasteiger partial charge is 0.179 e. The molecule has 2 aromatic heterocycles. The third-order valence-corrected chi connectivity index (χ3v) is 11.4. The van der Waals surface area contributed by atoms with E-state index in [0.717, 1.165) is 55.0 Å². The fourth-order valence-corrected chi connectivity index (χ4v) is 9.02. The van der Waals surface area contributed by atoms with Crippen LogP contribution in [0, 0.1) is 0 Å². The van der Waals surface area contributed by atoms with E-state index >= 15 is 0 Å². The van der Waals surface area contributed by atoms with Crippen molar-refractivity contribution in [2.75, 3.05) is 0 Å². The maximum Gasteiger partial charge on any atom is 0.179 e. The monoisotopic (exact) mass is 686 g/mol. The number of furan rings is 2. The van der Waals surface area contributed by atoms with E-state index in [9.17, 15) is 0 Å². The molecule has 0 saturated carbocycles. The summed E-state index contributed by atoms with van der Waals surface area (Å²) in [6, 6.07) is 65.7. The summed E-state index contributed by atoms with van der Waals surface area (Å²) in [5.74, 6) is 0. The van der Waals surface area contributed by atoms with Crippen LogP contribution in [0.15, 0.2) is 191 Å². The third-order valence-electron chi connectivity index (χ3n) is 11.4. The lowest BCUT2D eigenvalue weighted by Gasteiger charge is -2.18. The largest absolute Gasteiger partial charge is 0.452 e. The Morgan fingerprint density at radius 2 is 0.704 bits per heavy atom. The van der Waals surface area contributed by atoms with Crippen molar-refractivity contribution in [3.05, 3.63) is 182 Å². The molecule has 10 aromatic carbocycles. The molecule has 54 heavy (non-hydrogen) atoms. The lowest BCUT2D eigenvalue weighted by Crippen LogP contribution is -1.91. The number of hydrogen-bond donors (Lipinski definition) is 0. The van der Waals surface area contributed by atoms with Crippen molar-refractivity contribution in [1.29, 1.82) is 0 Å². The van der Waals surface area contributed by atoms with Gasteiger partial charge in [-0.15, -0.1) is 0 Å². The summed E-state index contributed by atoms with van der Waals surface area (Å²) in [4.78, 5) is 0.